The van der Waals surface area contributed by atoms with Crippen molar-refractivity contribution in [3.8, 4) is 0 Å². The van der Waals surface area contributed by atoms with Gasteiger partial charge in [0.05, 0.1) is 0 Å². The fourth-order valence-electron chi connectivity index (χ4n) is 1.77. The van der Waals surface area contributed by atoms with Crippen LogP contribution in [0.25, 0.3) is 0 Å². The molecule has 1 fully saturated rings. The summed E-state index contributed by atoms with van der Waals surface area (Å²) in [5.41, 5.74) is 0. The molecule has 1 aliphatic rings. The predicted molar refractivity (Wildman–Crippen MR) is 70.0 cm³/mol. The first-order chi connectivity index (χ1) is 6.38. The Balaban J connectivity index is -0.000000216. The Morgan fingerprint density at radius 1 is 1.07 bits per heavy atom. The first-order valence-electron chi connectivity index (χ1n) is 6.12. The molecule has 1 atom stereocenters. The third-order valence-electron chi connectivity index (χ3n) is 2.38. The summed E-state index contributed by atoms with van der Waals surface area (Å²) in [5.74, 6) is 0. The van der Waals surface area contributed by atoms with Gasteiger partial charge in [0.25, 0.3) is 0 Å². The fraction of sp³-hybridized carbons (Fsp3) is 1.00. The largest absolute Gasteiger partial charge is 0.301 e. The van der Waals surface area contributed by atoms with Gasteiger partial charge in [-0.05, 0) is 32.4 Å². The molecule has 1 unspecified atom stereocenters. The highest BCUT2D eigenvalue weighted by Gasteiger charge is 2.20. The Hall–Kier alpha value is -0.0400. The van der Waals surface area contributed by atoms with Crippen LogP contribution in [0.4, 0.5) is 0 Å². The van der Waals surface area contributed by atoms with Crippen molar-refractivity contribution in [2.75, 3.05) is 13.1 Å². The number of hydrogen-bond donors (Lipinski definition) is 0. The van der Waals surface area contributed by atoms with Gasteiger partial charge in [0, 0.05) is 6.04 Å². The Morgan fingerprint density at radius 2 is 1.57 bits per heavy atom. The molecule has 0 bridgehead atoms. The number of hydrogen-bond acceptors (Lipinski definition) is 1. The number of likely N-dealkylation sites (tertiary alicyclic amines) is 1. The molecule has 0 spiro atoms. The van der Waals surface area contributed by atoms with Gasteiger partial charge < -0.3 is 4.90 Å². The third kappa shape index (κ3) is 7.37. The minimum Gasteiger partial charge on any atom is -0.301 e. The van der Waals surface area contributed by atoms with Gasteiger partial charge in [0.1, 0.15) is 0 Å². The summed E-state index contributed by atoms with van der Waals surface area (Å²) in [7, 11) is 0. The molecule has 0 aromatic rings. The molecule has 0 aromatic heterocycles. The molecule has 1 saturated heterocycles. The topological polar surface area (TPSA) is 3.24 Å². The molecule has 1 rings (SSSR count). The Labute approximate surface area is 92.9 Å². The van der Waals surface area contributed by atoms with E-state index < -0.39 is 0 Å². The maximum Gasteiger partial charge on any atom is 0.00929 e. The second-order valence-electron chi connectivity index (χ2n) is 2.83. The van der Waals surface area contributed by atoms with Gasteiger partial charge in [-0.15, -0.1) is 0 Å². The molecule has 1 nitrogen and oxygen atoms in total. The van der Waals surface area contributed by atoms with Crippen LogP contribution in [0.5, 0.6) is 0 Å². The lowest BCUT2D eigenvalue weighted by atomic mass is 10.2. The molecule has 1 heteroatoms. The standard InChI is InChI=1S/C8H17N.2C2H6.CH4/c1-3-8-6-5-7-9(8)4-2;2*1-2;/h8H,3-7H2,1-2H3;2*1-2H3;1H4. The average Bonchev–Trinajstić information content (AvgIpc) is 2.70. The van der Waals surface area contributed by atoms with E-state index in [9.17, 15) is 0 Å². The summed E-state index contributed by atoms with van der Waals surface area (Å²) in [5, 5.41) is 0. The monoisotopic (exact) mass is 203 g/mol. The molecule has 1 aliphatic heterocycles. The highest BCUT2D eigenvalue weighted by atomic mass is 15.2. The maximum absolute atomic E-state index is 2.58. The molecule has 90 valence electrons. The van der Waals surface area contributed by atoms with Crippen molar-refractivity contribution in [2.45, 2.75) is 74.3 Å². The normalized spacial score (nSPS) is 19.7. The molecule has 0 N–H and O–H groups in total. The van der Waals surface area contributed by atoms with E-state index in [0.29, 0.717) is 0 Å². The van der Waals surface area contributed by atoms with Crippen LogP contribution in [-0.4, -0.2) is 24.0 Å². The fourth-order valence-corrected chi connectivity index (χ4v) is 1.77. The smallest absolute Gasteiger partial charge is 0.00929 e. The minimum absolute atomic E-state index is 0. The van der Waals surface area contributed by atoms with E-state index in [1.165, 1.54) is 32.4 Å². The molecular weight excluding hydrogens is 170 g/mol. The number of rotatable bonds is 2. The van der Waals surface area contributed by atoms with Crippen LogP contribution in [0, 0.1) is 0 Å². The Morgan fingerprint density at radius 3 is 1.86 bits per heavy atom. The Bertz CT molecular complexity index is 71.3. The van der Waals surface area contributed by atoms with E-state index in [-0.39, 0.29) is 7.43 Å². The van der Waals surface area contributed by atoms with Gasteiger partial charge in [0.2, 0.25) is 0 Å². The number of nitrogens with zero attached hydrogens (tertiary/aromatic N) is 1. The minimum atomic E-state index is 0. The van der Waals surface area contributed by atoms with Crippen LogP contribution in [0.3, 0.4) is 0 Å². The van der Waals surface area contributed by atoms with Crippen molar-refractivity contribution in [1.29, 1.82) is 0 Å². The van der Waals surface area contributed by atoms with Crippen LogP contribution in [-0.2, 0) is 0 Å². The zero-order valence-electron chi connectivity index (χ0n) is 10.6. The second kappa shape index (κ2) is 15.4. The van der Waals surface area contributed by atoms with Gasteiger partial charge in [-0.25, -0.2) is 0 Å². The van der Waals surface area contributed by atoms with Gasteiger partial charge in [0.15, 0.2) is 0 Å². The van der Waals surface area contributed by atoms with Crippen molar-refractivity contribution in [1.82, 2.24) is 4.90 Å². The lowest BCUT2D eigenvalue weighted by molar-refractivity contribution is 0.262. The lowest BCUT2D eigenvalue weighted by Crippen LogP contribution is -2.28. The molecular formula is C13H33N. The molecule has 0 aliphatic carbocycles. The van der Waals surface area contributed by atoms with Gasteiger partial charge >= 0.3 is 0 Å². The molecule has 0 amide bonds. The molecule has 1 heterocycles. The summed E-state index contributed by atoms with van der Waals surface area (Å²) in [4.78, 5) is 2.58. The zero-order chi connectivity index (χ0) is 10.7. The third-order valence-corrected chi connectivity index (χ3v) is 2.38. The van der Waals surface area contributed by atoms with Gasteiger partial charge in [-0.3, -0.25) is 0 Å². The van der Waals surface area contributed by atoms with E-state index in [0.717, 1.165) is 6.04 Å². The van der Waals surface area contributed by atoms with Crippen molar-refractivity contribution >= 4 is 0 Å². The Kier molecular flexibility index (Phi) is 21.5. The van der Waals surface area contributed by atoms with Crippen LogP contribution in [0.1, 0.15) is 68.2 Å². The first kappa shape index (κ1) is 19.5. The summed E-state index contributed by atoms with van der Waals surface area (Å²) in [6, 6.07) is 0.912. The first-order valence-corrected chi connectivity index (χ1v) is 6.12. The highest BCUT2D eigenvalue weighted by molar-refractivity contribution is 4.76. The van der Waals surface area contributed by atoms with E-state index in [2.05, 4.69) is 18.7 Å². The quantitative estimate of drug-likeness (QED) is 0.635. The maximum atomic E-state index is 2.58. The van der Waals surface area contributed by atoms with E-state index in [1.54, 1.807) is 0 Å². The summed E-state index contributed by atoms with van der Waals surface area (Å²) >= 11 is 0. The summed E-state index contributed by atoms with van der Waals surface area (Å²) < 4.78 is 0. The predicted octanol–water partition coefficient (Wildman–Crippen LogP) is 4.57. The summed E-state index contributed by atoms with van der Waals surface area (Å²) in [6.07, 6.45) is 4.20. The molecule has 0 aromatic carbocycles. The van der Waals surface area contributed by atoms with Crippen molar-refractivity contribution in [2.24, 2.45) is 0 Å². The molecule has 0 saturated carbocycles. The van der Waals surface area contributed by atoms with Gasteiger partial charge in [-0.1, -0.05) is 49.0 Å². The summed E-state index contributed by atoms with van der Waals surface area (Å²) in [6.45, 7) is 15.1. The van der Waals surface area contributed by atoms with Crippen LogP contribution in [0.15, 0.2) is 0 Å². The van der Waals surface area contributed by atoms with Crippen molar-refractivity contribution in [3.05, 3.63) is 0 Å². The van der Waals surface area contributed by atoms with Gasteiger partial charge in [-0.2, -0.15) is 0 Å². The van der Waals surface area contributed by atoms with E-state index in [4.69, 9.17) is 0 Å². The van der Waals surface area contributed by atoms with Crippen LogP contribution < -0.4 is 0 Å². The van der Waals surface area contributed by atoms with Crippen molar-refractivity contribution in [3.63, 3.8) is 0 Å². The lowest BCUT2D eigenvalue weighted by Gasteiger charge is -2.20. The molecule has 14 heavy (non-hydrogen) atoms. The van der Waals surface area contributed by atoms with Crippen molar-refractivity contribution < 1.29 is 0 Å². The van der Waals surface area contributed by atoms with Crippen LogP contribution in [0.2, 0.25) is 0 Å². The van der Waals surface area contributed by atoms with E-state index in [1.807, 2.05) is 27.7 Å². The SMILES string of the molecule is C.CC.CC.CCC1CCCN1CC. The molecule has 0 radical (unpaired) electrons. The zero-order valence-corrected chi connectivity index (χ0v) is 10.6. The average molecular weight is 203 g/mol. The van der Waals surface area contributed by atoms with E-state index >= 15 is 0 Å². The van der Waals surface area contributed by atoms with Crippen LogP contribution >= 0.6 is 0 Å². The highest BCUT2D eigenvalue weighted by Crippen LogP contribution is 2.18. The second-order valence-corrected chi connectivity index (χ2v) is 2.83.